The van der Waals surface area contributed by atoms with E-state index in [1.165, 1.54) is 18.4 Å². The first-order valence-electron chi connectivity index (χ1n) is 7.55. The van der Waals surface area contributed by atoms with Crippen LogP contribution in [0.5, 0.6) is 11.1 Å². The van der Waals surface area contributed by atoms with Crippen LogP contribution < -0.4 is 9.47 Å². The van der Waals surface area contributed by atoms with Gasteiger partial charge in [0.2, 0.25) is 5.88 Å². The first kappa shape index (κ1) is 14.9. The van der Waals surface area contributed by atoms with Gasteiger partial charge in [-0.05, 0) is 24.3 Å². The number of carbonyl (C=O) groups excluding carboxylic acids is 1. The number of aromatic nitrogens is 2. The molecule has 1 amide bonds. The molecule has 1 fully saturated rings. The molecule has 122 valence electrons. The lowest BCUT2D eigenvalue weighted by molar-refractivity contribution is 0.0175. The minimum Gasteiger partial charge on any atom is -0.480 e. The van der Waals surface area contributed by atoms with Gasteiger partial charge in [0, 0.05) is 6.20 Å². The number of pyridine rings is 1. The summed E-state index contributed by atoms with van der Waals surface area (Å²) in [7, 11) is 1.51. The van der Waals surface area contributed by atoms with Gasteiger partial charge in [-0.2, -0.15) is 0 Å². The normalized spacial score (nSPS) is 14.5. The van der Waals surface area contributed by atoms with Crippen LogP contribution in [0, 0.1) is 0 Å². The molecule has 6 nitrogen and oxygen atoms in total. The quantitative estimate of drug-likeness (QED) is 0.730. The zero-order chi connectivity index (χ0) is 16.5. The van der Waals surface area contributed by atoms with Gasteiger partial charge in [0.1, 0.15) is 11.7 Å². The fourth-order valence-corrected chi connectivity index (χ4v) is 3.49. The highest BCUT2D eigenvalue weighted by molar-refractivity contribution is 7.20. The van der Waals surface area contributed by atoms with Crippen molar-refractivity contribution in [1.82, 2.24) is 14.9 Å². The van der Waals surface area contributed by atoms with Crippen molar-refractivity contribution in [3.05, 3.63) is 48.2 Å². The predicted octanol–water partition coefficient (Wildman–Crippen LogP) is 2.60. The minimum atomic E-state index is -0.0934. The fourth-order valence-electron chi connectivity index (χ4n) is 2.61. The highest BCUT2D eigenvalue weighted by Gasteiger charge is 2.34. The van der Waals surface area contributed by atoms with Crippen LogP contribution >= 0.6 is 11.3 Å². The highest BCUT2D eigenvalue weighted by atomic mass is 32.1. The third-order valence-corrected chi connectivity index (χ3v) is 4.80. The smallest absolute Gasteiger partial charge is 0.274 e. The van der Waals surface area contributed by atoms with Gasteiger partial charge in [0.15, 0.2) is 0 Å². The Balaban J connectivity index is 1.40. The molecule has 0 bridgehead atoms. The lowest BCUT2D eigenvalue weighted by Gasteiger charge is -2.38. The number of benzene rings is 1. The summed E-state index contributed by atoms with van der Waals surface area (Å²) in [6.45, 7) is 1.07. The number of hydrogen-bond donors (Lipinski definition) is 0. The Kier molecular flexibility index (Phi) is 3.78. The van der Waals surface area contributed by atoms with Crippen molar-refractivity contribution in [2.24, 2.45) is 0 Å². The maximum atomic E-state index is 12.5. The van der Waals surface area contributed by atoms with Gasteiger partial charge in [-0.3, -0.25) is 4.79 Å². The van der Waals surface area contributed by atoms with Crippen molar-refractivity contribution in [2.45, 2.75) is 6.10 Å². The number of ether oxygens (including phenoxy) is 2. The second-order valence-electron chi connectivity index (χ2n) is 5.46. The van der Waals surface area contributed by atoms with Crippen LogP contribution in [0.4, 0.5) is 0 Å². The Morgan fingerprint density at radius 2 is 2.08 bits per heavy atom. The molecule has 0 unspecified atom stereocenters. The molecule has 1 aromatic carbocycles. The van der Waals surface area contributed by atoms with E-state index in [-0.39, 0.29) is 12.0 Å². The van der Waals surface area contributed by atoms with Gasteiger partial charge in [0.25, 0.3) is 11.1 Å². The van der Waals surface area contributed by atoms with Crippen LogP contribution in [-0.4, -0.2) is 47.1 Å². The fraction of sp³-hybridized carbons (Fsp3) is 0.235. The largest absolute Gasteiger partial charge is 0.480 e. The standard InChI is InChI=1S/C17H15N3O3S/c1-22-15-12(5-4-8-18-15)16(21)20-9-11(10-20)23-17-19-13-6-2-3-7-14(13)24-17/h2-8,11H,9-10H2,1H3. The number of likely N-dealkylation sites (tertiary alicyclic amines) is 1. The molecule has 24 heavy (non-hydrogen) atoms. The molecule has 0 N–H and O–H groups in total. The van der Waals surface area contributed by atoms with Gasteiger partial charge in [0.05, 0.1) is 30.4 Å². The molecule has 1 aliphatic heterocycles. The lowest BCUT2D eigenvalue weighted by atomic mass is 10.1. The monoisotopic (exact) mass is 341 g/mol. The summed E-state index contributed by atoms with van der Waals surface area (Å²) in [6, 6.07) is 11.4. The molecule has 3 heterocycles. The van der Waals surface area contributed by atoms with E-state index in [2.05, 4.69) is 9.97 Å². The topological polar surface area (TPSA) is 64.5 Å². The van der Waals surface area contributed by atoms with Crippen LogP contribution in [0.15, 0.2) is 42.6 Å². The van der Waals surface area contributed by atoms with Crippen LogP contribution in [-0.2, 0) is 0 Å². The number of carbonyl (C=O) groups is 1. The molecule has 0 saturated carbocycles. The van der Waals surface area contributed by atoms with Gasteiger partial charge >= 0.3 is 0 Å². The average molecular weight is 341 g/mol. The molecule has 0 radical (unpaired) electrons. The van der Waals surface area contributed by atoms with E-state index in [9.17, 15) is 4.79 Å². The first-order chi connectivity index (χ1) is 11.7. The van der Waals surface area contributed by atoms with Crippen molar-refractivity contribution in [3.63, 3.8) is 0 Å². The maximum absolute atomic E-state index is 12.5. The minimum absolute atomic E-state index is 0.0304. The van der Waals surface area contributed by atoms with Crippen LogP contribution in [0.2, 0.25) is 0 Å². The molecule has 0 aliphatic carbocycles. The zero-order valence-corrected chi connectivity index (χ0v) is 13.8. The predicted molar refractivity (Wildman–Crippen MR) is 90.7 cm³/mol. The van der Waals surface area contributed by atoms with Gasteiger partial charge < -0.3 is 14.4 Å². The summed E-state index contributed by atoms with van der Waals surface area (Å²) >= 11 is 1.52. The Morgan fingerprint density at radius 1 is 1.25 bits per heavy atom. The van der Waals surface area contributed by atoms with E-state index in [4.69, 9.17) is 9.47 Å². The number of fused-ring (bicyclic) bond motifs is 1. The van der Waals surface area contributed by atoms with Crippen LogP contribution in [0.3, 0.4) is 0 Å². The number of hydrogen-bond acceptors (Lipinski definition) is 6. The number of rotatable bonds is 4. The van der Waals surface area contributed by atoms with Crippen LogP contribution in [0.1, 0.15) is 10.4 Å². The lowest BCUT2D eigenvalue weighted by Crippen LogP contribution is -2.56. The molecular weight excluding hydrogens is 326 g/mol. The number of amides is 1. The SMILES string of the molecule is COc1ncccc1C(=O)N1CC(Oc2nc3ccccc3s2)C1. The molecular formula is C17H15N3O3S. The molecule has 1 aliphatic rings. The Hall–Kier alpha value is -2.67. The number of nitrogens with zero attached hydrogens (tertiary/aromatic N) is 3. The van der Waals surface area contributed by atoms with E-state index in [0.717, 1.165) is 10.2 Å². The summed E-state index contributed by atoms with van der Waals surface area (Å²) in [5.74, 6) is 0.252. The van der Waals surface area contributed by atoms with Gasteiger partial charge in [-0.25, -0.2) is 9.97 Å². The summed E-state index contributed by atoms with van der Waals surface area (Å²) in [5.41, 5.74) is 1.41. The molecule has 0 atom stereocenters. The Morgan fingerprint density at radius 3 is 2.88 bits per heavy atom. The number of thiazole rings is 1. The van der Waals surface area contributed by atoms with E-state index in [0.29, 0.717) is 29.7 Å². The number of methoxy groups -OCH3 is 1. The number of para-hydroxylation sites is 1. The van der Waals surface area contributed by atoms with Crippen molar-refractivity contribution in [3.8, 4) is 11.1 Å². The second-order valence-corrected chi connectivity index (χ2v) is 6.45. The molecule has 0 spiro atoms. The van der Waals surface area contributed by atoms with E-state index in [1.54, 1.807) is 23.2 Å². The molecule has 2 aromatic heterocycles. The molecule has 4 rings (SSSR count). The first-order valence-corrected chi connectivity index (χ1v) is 8.37. The summed E-state index contributed by atoms with van der Waals surface area (Å²) in [4.78, 5) is 22.7. The Labute approximate surface area is 142 Å². The summed E-state index contributed by atoms with van der Waals surface area (Å²) in [5, 5.41) is 0.646. The molecule has 1 saturated heterocycles. The van der Waals surface area contributed by atoms with Crippen molar-refractivity contribution in [2.75, 3.05) is 20.2 Å². The highest BCUT2D eigenvalue weighted by Crippen LogP contribution is 2.30. The molecule has 7 heteroatoms. The zero-order valence-electron chi connectivity index (χ0n) is 13.0. The Bertz CT molecular complexity index is 856. The van der Waals surface area contributed by atoms with E-state index < -0.39 is 0 Å². The molecule has 3 aromatic rings. The van der Waals surface area contributed by atoms with Crippen molar-refractivity contribution < 1.29 is 14.3 Å². The van der Waals surface area contributed by atoms with Crippen LogP contribution in [0.25, 0.3) is 10.2 Å². The van der Waals surface area contributed by atoms with Crippen molar-refractivity contribution in [1.29, 1.82) is 0 Å². The third-order valence-electron chi connectivity index (χ3n) is 3.87. The summed E-state index contributed by atoms with van der Waals surface area (Å²) < 4.78 is 12.1. The van der Waals surface area contributed by atoms with E-state index in [1.807, 2.05) is 24.3 Å². The van der Waals surface area contributed by atoms with Crippen molar-refractivity contribution >= 4 is 27.5 Å². The third kappa shape index (κ3) is 2.67. The maximum Gasteiger partial charge on any atom is 0.274 e. The second kappa shape index (κ2) is 6.09. The summed E-state index contributed by atoms with van der Waals surface area (Å²) in [6.07, 6.45) is 1.57. The average Bonchev–Trinajstić information content (AvgIpc) is 2.99. The van der Waals surface area contributed by atoms with Gasteiger partial charge in [-0.15, -0.1) is 0 Å². The van der Waals surface area contributed by atoms with E-state index >= 15 is 0 Å². The van der Waals surface area contributed by atoms with Gasteiger partial charge in [-0.1, -0.05) is 23.5 Å².